The number of benzene rings is 1. The molecule has 0 N–H and O–H groups in total. The number of rotatable bonds is 5. The predicted octanol–water partition coefficient (Wildman–Crippen LogP) is 4.01. The first-order valence-electron chi connectivity index (χ1n) is 8.60. The molecule has 1 fully saturated rings. The van der Waals surface area contributed by atoms with Gasteiger partial charge in [-0.3, -0.25) is 0 Å². The Hall–Kier alpha value is -2.57. The summed E-state index contributed by atoms with van der Waals surface area (Å²) in [7, 11) is 0. The topological polar surface area (TPSA) is 77.8 Å². The summed E-state index contributed by atoms with van der Waals surface area (Å²) in [6.45, 7) is 1.71. The molecule has 4 rings (SSSR count). The summed E-state index contributed by atoms with van der Waals surface area (Å²) in [6.07, 6.45) is 5.85. The highest BCUT2D eigenvalue weighted by atomic mass is 19.1. The van der Waals surface area contributed by atoms with E-state index in [1.54, 1.807) is 19.1 Å². The van der Waals surface area contributed by atoms with E-state index in [4.69, 9.17) is 9.05 Å². The van der Waals surface area contributed by atoms with Gasteiger partial charge in [0, 0.05) is 24.3 Å². The van der Waals surface area contributed by atoms with Crippen LogP contribution in [-0.4, -0.2) is 20.3 Å². The molecule has 3 aromatic rings. The molecular formula is C18H19FN4O2. The van der Waals surface area contributed by atoms with Gasteiger partial charge in [-0.15, -0.1) is 0 Å². The average molecular weight is 342 g/mol. The van der Waals surface area contributed by atoms with Gasteiger partial charge >= 0.3 is 0 Å². The van der Waals surface area contributed by atoms with Crippen LogP contribution in [0.5, 0.6) is 0 Å². The van der Waals surface area contributed by atoms with E-state index in [1.165, 1.54) is 18.9 Å². The lowest BCUT2D eigenvalue weighted by Crippen LogP contribution is -1.96. The molecule has 0 amide bonds. The van der Waals surface area contributed by atoms with Crippen LogP contribution in [0.15, 0.2) is 27.2 Å². The highest BCUT2D eigenvalue weighted by Crippen LogP contribution is 2.32. The Morgan fingerprint density at radius 2 is 1.76 bits per heavy atom. The second kappa shape index (κ2) is 6.74. The molecule has 0 bridgehead atoms. The molecule has 2 aromatic heterocycles. The molecule has 6 nitrogen and oxygen atoms in total. The molecular weight excluding hydrogens is 323 g/mol. The third-order valence-corrected chi connectivity index (χ3v) is 4.64. The summed E-state index contributed by atoms with van der Waals surface area (Å²) in [5, 5.41) is 8.06. The van der Waals surface area contributed by atoms with Crippen LogP contribution in [-0.2, 0) is 12.8 Å². The number of aromatic nitrogens is 4. The molecule has 25 heavy (non-hydrogen) atoms. The minimum absolute atomic E-state index is 0.248. The predicted molar refractivity (Wildman–Crippen MR) is 87.3 cm³/mol. The molecule has 130 valence electrons. The van der Waals surface area contributed by atoms with Crippen molar-refractivity contribution in [2.75, 3.05) is 0 Å². The Morgan fingerprint density at radius 3 is 2.52 bits per heavy atom. The maximum atomic E-state index is 13.4. The first kappa shape index (κ1) is 15.9. The number of hydrogen-bond acceptors (Lipinski definition) is 6. The fourth-order valence-electron chi connectivity index (χ4n) is 3.19. The van der Waals surface area contributed by atoms with Gasteiger partial charge in [-0.2, -0.15) is 9.97 Å². The van der Waals surface area contributed by atoms with Gasteiger partial charge in [0.1, 0.15) is 5.82 Å². The largest absolute Gasteiger partial charge is 0.339 e. The van der Waals surface area contributed by atoms with E-state index in [9.17, 15) is 4.39 Å². The van der Waals surface area contributed by atoms with E-state index in [0.717, 1.165) is 24.2 Å². The SMILES string of the molecule is Cc1cc(-c2noc(CCc3nc(C4CCCC4)no3)n2)ccc1F. The molecule has 2 heterocycles. The molecule has 0 aliphatic heterocycles. The minimum atomic E-state index is -0.248. The molecule has 0 spiro atoms. The standard InChI is InChI=1S/C18H19FN4O2/c1-11-10-13(6-7-14(11)19)18-21-16(25-23-18)9-8-15-20-17(22-24-15)12-4-2-3-5-12/h6-7,10,12H,2-5,8-9H2,1H3. The van der Waals surface area contributed by atoms with E-state index in [-0.39, 0.29) is 5.82 Å². The van der Waals surface area contributed by atoms with Crippen molar-refractivity contribution < 1.29 is 13.4 Å². The van der Waals surface area contributed by atoms with Crippen molar-refractivity contribution in [1.29, 1.82) is 0 Å². The van der Waals surface area contributed by atoms with E-state index < -0.39 is 0 Å². The molecule has 0 radical (unpaired) electrons. The molecule has 1 aliphatic carbocycles. The van der Waals surface area contributed by atoms with Crippen LogP contribution < -0.4 is 0 Å². The molecule has 7 heteroatoms. The van der Waals surface area contributed by atoms with Crippen molar-refractivity contribution in [2.24, 2.45) is 0 Å². The van der Waals surface area contributed by atoms with Gasteiger partial charge in [0.25, 0.3) is 0 Å². The van der Waals surface area contributed by atoms with Crippen LogP contribution >= 0.6 is 0 Å². The van der Waals surface area contributed by atoms with Crippen LogP contribution in [0.25, 0.3) is 11.4 Å². The Balaban J connectivity index is 1.40. The first-order chi connectivity index (χ1) is 12.2. The zero-order chi connectivity index (χ0) is 17.2. The van der Waals surface area contributed by atoms with Crippen molar-refractivity contribution in [1.82, 2.24) is 20.3 Å². The number of halogens is 1. The average Bonchev–Trinajstić information content (AvgIpc) is 3.36. The van der Waals surface area contributed by atoms with Gasteiger partial charge in [0.2, 0.25) is 17.6 Å². The zero-order valence-corrected chi connectivity index (χ0v) is 14.0. The van der Waals surface area contributed by atoms with Crippen molar-refractivity contribution in [2.45, 2.75) is 51.4 Å². The molecule has 1 aromatic carbocycles. The number of hydrogen-bond donors (Lipinski definition) is 0. The summed E-state index contributed by atoms with van der Waals surface area (Å²) in [4.78, 5) is 8.84. The van der Waals surface area contributed by atoms with Gasteiger partial charge in [-0.25, -0.2) is 4.39 Å². The molecule has 1 aliphatic rings. The van der Waals surface area contributed by atoms with Gasteiger partial charge < -0.3 is 9.05 Å². The van der Waals surface area contributed by atoms with E-state index in [1.807, 2.05) is 0 Å². The maximum absolute atomic E-state index is 13.4. The van der Waals surface area contributed by atoms with Crippen molar-refractivity contribution >= 4 is 0 Å². The van der Waals surface area contributed by atoms with Crippen molar-refractivity contribution in [3.63, 3.8) is 0 Å². The third-order valence-electron chi connectivity index (χ3n) is 4.64. The third kappa shape index (κ3) is 3.45. The summed E-state index contributed by atoms with van der Waals surface area (Å²) < 4.78 is 24.0. The second-order valence-electron chi connectivity index (χ2n) is 6.50. The Bertz CT molecular complexity index is 868. The van der Waals surface area contributed by atoms with Gasteiger partial charge in [0.15, 0.2) is 5.82 Å². The molecule has 0 atom stereocenters. The minimum Gasteiger partial charge on any atom is -0.339 e. The number of aryl methyl sites for hydroxylation is 3. The van der Waals surface area contributed by atoms with Gasteiger partial charge in [0.05, 0.1) is 0 Å². The molecule has 0 unspecified atom stereocenters. The monoisotopic (exact) mass is 342 g/mol. The Morgan fingerprint density at radius 1 is 1.04 bits per heavy atom. The highest BCUT2D eigenvalue weighted by Gasteiger charge is 2.22. The summed E-state index contributed by atoms with van der Waals surface area (Å²) in [6, 6.07) is 4.75. The van der Waals surface area contributed by atoms with E-state index in [0.29, 0.717) is 41.9 Å². The second-order valence-corrected chi connectivity index (χ2v) is 6.50. The smallest absolute Gasteiger partial charge is 0.227 e. The fraction of sp³-hybridized carbons (Fsp3) is 0.444. The van der Waals surface area contributed by atoms with Gasteiger partial charge in [-0.1, -0.05) is 23.2 Å². The molecule has 1 saturated carbocycles. The summed E-state index contributed by atoms with van der Waals surface area (Å²) >= 11 is 0. The highest BCUT2D eigenvalue weighted by molar-refractivity contribution is 5.55. The summed E-state index contributed by atoms with van der Waals surface area (Å²) in [5.74, 6) is 2.56. The van der Waals surface area contributed by atoms with Crippen LogP contribution in [0.2, 0.25) is 0 Å². The van der Waals surface area contributed by atoms with Crippen LogP contribution in [0.4, 0.5) is 4.39 Å². The Kier molecular flexibility index (Phi) is 4.29. The fourth-order valence-corrected chi connectivity index (χ4v) is 3.19. The van der Waals surface area contributed by atoms with E-state index in [2.05, 4.69) is 20.3 Å². The van der Waals surface area contributed by atoms with Crippen LogP contribution in [0.1, 0.15) is 54.8 Å². The lowest BCUT2D eigenvalue weighted by molar-refractivity contribution is 0.350. The van der Waals surface area contributed by atoms with Gasteiger partial charge in [-0.05, 0) is 43.5 Å². The summed E-state index contributed by atoms with van der Waals surface area (Å²) in [5.41, 5.74) is 1.28. The zero-order valence-electron chi connectivity index (χ0n) is 14.0. The van der Waals surface area contributed by atoms with Crippen LogP contribution in [0.3, 0.4) is 0 Å². The quantitative estimate of drug-likeness (QED) is 0.697. The van der Waals surface area contributed by atoms with E-state index >= 15 is 0 Å². The van der Waals surface area contributed by atoms with Crippen molar-refractivity contribution in [3.05, 3.63) is 47.2 Å². The number of nitrogens with zero attached hydrogens (tertiary/aromatic N) is 4. The lowest BCUT2D eigenvalue weighted by Gasteiger charge is -1.99. The lowest BCUT2D eigenvalue weighted by atomic mass is 10.1. The normalized spacial score (nSPS) is 15.1. The van der Waals surface area contributed by atoms with Crippen molar-refractivity contribution in [3.8, 4) is 11.4 Å². The maximum Gasteiger partial charge on any atom is 0.227 e. The Labute approximate surface area is 144 Å². The van der Waals surface area contributed by atoms with Crippen LogP contribution in [0, 0.1) is 12.7 Å². The molecule has 0 saturated heterocycles. The first-order valence-corrected chi connectivity index (χ1v) is 8.60.